The number of ether oxygens (including phenoxy) is 1. The summed E-state index contributed by atoms with van der Waals surface area (Å²) in [5.74, 6) is 0.635. The van der Waals surface area contributed by atoms with Gasteiger partial charge in [-0.25, -0.2) is 0 Å². The molecule has 0 saturated carbocycles. The molecule has 5 heteroatoms. The summed E-state index contributed by atoms with van der Waals surface area (Å²) in [4.78, 5) is 6.58. The van der Waals surface area contributed by atoms with Crippen LogP contribution in [0.4, 0.5) is 0 Å². The predicted molar refractivity (Wildman–Crippen MR) is 79.1 cm³/mol. The molecule has 102 valence electrons. The zero-order valence-corrected chi connectivity index (χ0v) is 12.3. The smallest absolute Gasteiger partial charge is 0.192 e. The van der Waals surface area contributed by atoms with Gasteiger partial charge in [-0.15, -0.1) is 0 Å². The Kier molecular flexibility index (Phi) is 3.75. The van der Waals surface area contributed by atoms with E-state index in [1.54, 1.807) is 0 Å². The molecule has 0 radical (unpaired) electrons. The normalized spacial score (nSPS) is 26.8. The van der Waals surface area contributed by atoms with Crippen molar-refractivity contribution in [2.45, 2.75) is 25.0 Å². The topological polar surface area (TPSA) is 50.8 Å². The van der Waals surface area contributed by atoms with Crippen LogP contribution in [-0.2, 0) is 4.74 Å². The van der Waals surface area contributed by atoms with Crippen LogP contribution in [-0.4, -0.2) is 36.7 Å². The molecule has 1 aromatic carbocycles. The maximum absolute atomic E-state index is 6.04. The minimum absolute atomic E-state index is 0.222. The van der Waals surface area contributed by atoms with E-state index in [4.69, 9.17) is 10.5 Å². The van der Waals surface area contributed by atoms with Crippen LogP contribution in [0.25, 0.3) is 0 Å². The Hall–Kier alpha value is -1.07. The van der Waals surface area contributed by atoms with Crippen molar-refractivity contribution in [1.29, 1.82) is 0 Å². The molecule has 2 heterocycles. The summed E-state index contributed by atoms with van der Waals surface area (Å²) >= 11 is 3.62. The molecule has 2 atom stereocenters. The second-order valence-corrected chi connectivity index (χ2v) is 5.88. The molecule has 3 rings (SSSR count). The summed E-state index contributed by atoms with van der Waals surface area (Å²) in [6, 6.07) is 8.50. The summed E-state index contributed by atoms with van der Waals surface area (Å²) in [5.41, 5.74) is 7.28. The molecule has 0 amide bonds. The monoisotopic (exact) mass is 323 g/mol. The van der Waals surface area contributed by atoms with Crippen molar-refractivity contribution < 1.29 is 4.74 Å². The third-order valence-corrected chi connectivity index (χ3v) is 4.51. The number of rotatable bonds is 3. The molecular formula is C14H18BrN3O. The highest BCUT2D eigenvalue weighted by Crippen LogP contribution is 2.31. The lowest BCUT2D eigenvalue weighted by molar-refractivity contribution is 0.0852. The van der Waals surface area contributed by atoms with Gasteiger partial charge >= 0.3 is 0 Å². The molecule has 0 aliphatic carbocycles. The molecule has 4 nitrogen and oxygen atoms in total. The van der Waals surface area contributed by atoms with Crippen LogP contribution < -0.4 is 5.73 Å². The standard InChI is InChI=1S/C14H18BrN3O/c15-12-6-2-1-5-11(12)13-8-17-14(16)18(13)9-10-4-3-7-19-10/h1-2,5-6,10,13H,3-4,7-9H2,(H2,16,17). The van der Waals surface area contributed by atoms with Gasteiger partial charge in [-0.05, 0) is 24.5 Å². The molecule has 19 heavy (non-hydrogen) atoms. The Morgan fingerprint density at radius 3 is 3.00 bits per heavy atom. The first kappa shape index (κ1) is 12.9. The van der Waals surface area contributed by atoms with E-state index in [9.17, 15) is 0 Å². The molecule has 2 unspecified atom stereocenters. The van der Waals surface area contributed by atoms with Crippen molar-refractivity contribution in [2.75, 3.05) is 19.7 Å². The van der Waals surface area contributed by atoms with E-state index >= 15 is 0 Å². The molecule has 1 fully saturated rings. The quantitative estimate of drug-likeness (QED) is 0.928. The first-order valence-corrected chi connectivity index (χ1v) is 7.47. The van der Waals surface area contributed by atoms with E-state index in [0.717, 1.165) is 37.0 Å². The van der Waals surface area contributed by atoms with Crippen LogP contribution in [0, 0.1) is 0 Å². The molecule has 0 aromatic heterocycles. The van der Waals surface area contributed by atoms with Gasteiger partial charge in [0.15, 0.2) is 5.96 Å². The van der Waals surface area contributed by atoms with Crippen molar-refractivity contribution in [1.82, 2.24) is 4.90 Å². The second kappa shape index (κ2) is 5.51. The number of hydrogen-bond donors (Lipinski definition) is 1. The van der Waals surface area contributed by atoms with Gasteiger partial charge < -0.3 is 15.4 Å². The number of benzene rings is 1. The fourth-order valence-electron chi connectivity index (χ4n) is 2.77. The number of hydrogen-bond acceptors (Lipinski definition) is 4. The van der Waals surface area contributed by atoms with Crippen LogP contribution in [0.3, 0.4) is 0 Å². The summed E-state index contributed by atoms with van der Waals surface area (Å²) in [6.07, 6.45) is 2.55. The van der Waals surface area contributed by atoms with Crippen molar-refractivity contribution in [3.05, 3.63) is 34.3 Å². The Morgan fingerprint density at radius 2 is 2.26 bits per heavy atom. The number of nitrogens with two attached hydrogens (primary N) is 1. The Labute approximate surface area is 121 Å². The third kappa shape index (κ3) is 2.62. The van der Waals surface area contributed by atoms with Crippen molar-refractivity contribution in [3.63, 3.8) is 0 Å². The predicted octanol–water partition coefficient (Wildman–Crippen LogP) is 2.30. The minimum atomic E-state index is 0.222. The van der Waals surface area contributed by atoms with E-state index in [2.05, 4.69) is 44.0 Å². The molecule has 1 aromatic rings. The van der Waals surface area contributed by atoms with Crippen LogP contribution in [0.2, 0.25) is 0 Å². The Balaban J connectivity index is 1.79. The summed E-state index contributed by atoms with van der Waals surface area (Å²) in [5, 5.41) is 0. The van der Waals surface area contributed by atoms with Gasteiger partial charge in [0.1, 0.15) is 0 Å². The lowest BCUT2D eigenvalue weighted by Crippen LogP contribution is -2.41. The molecule has 2 aliphatic heterocycles. The number of halogens is 1. The first-order valence-electron chi connectivity index (χ1n) is 6.68. The fraction of sp³-hybridized carbons (Fsp3) is 0.500. The van der Waals surface area contributed by atoms with Gasteiger partial charge in [-0.1, -0.05) is 34.1 Å². The van der Waals surface area contributed by atoms with Crippen molar-refractivity contribution in [3.8, 4) is 0 Å². The largest absolute Gasteiger partial charge is 0.376 e. The lowest BCUT2D eigenvalue weighted by Gasteiger charge is -2.29. The van der Waals surface area contributed by atoms with E-state index in [1.807, 2.05) is 6.07 Å². The van der Waals surface area contributed by atoms with Crippen LogP contribution >= 0.6 is 15.9 Å². The molecule has 0 bridgehead atoms. The van der Waals surface area contributed by atoms with E-state index in [-0.39, 0.29) is 12.1 Å². The van der Waals surface area contributed by atoms with Gasteiger partial charge in [-0.2, -0.15) is 0 Å². The molecule has 2 aliphatic rings. The highest BCUT2D eigenvalue weighted by atomic mass is 79.9. The maximum Gasteiger partial charge on any atom is 0.192 e. The number of guanidine groups is 1. The number of nitrogens with zero attached hydrogens (tertiary/aromatic N) is 2. The molecule has 1 saturated heterocycles. The van der Waals surface area contributed by atoms with Crippen LogP contribution in [0.5, 0.6) is 0 Å². The van der Waals surface area contributed by atoms with Crippen LogP contribution in [0.1, 0.15) is 24.4 Å². The SMILES string of the molecule is NC1=NCC(c2ccccc2Br)N1CC1CCCO1. The highest BCUT2D eigenvalue weighted by Gasteiger charge is 2.31. The average Bonchev–Trinajstić information content (AvgIpc) is 3.03. The van der Waals surface area contributed by atoms with Crippen molar-refractivity contribution >= 4 is 21.9 Å². The zero-order valence-electron chi connectivity index (χ0n) is 10.8. The van der Waals surface area contributed by atoms with Gasteiger partial charge in [0.05, 0.1) is 18.7 Å². The van der Waals surface area contributed by atoms with Gasteiger partial charge in [0.2, 0.25) is 0 Å². The summed E-state index contributed by atoms with van der Waals surface area (Å²) < 4.78 is 6.83. The molecule has 2 N–H and O–H groups in total. The summed E-state index contributed by atoms with van der Waals surface area (Å²) in [7, 11) is 0. The Morgan fingerprint density at radius 1 is 1.42 bits per heavy atom. The fourth-order valence-corrected chi connectivity index (χ4v) is 3.32. The average molecular weight is 324 g/mol. The van der Waals surface area contributed by atoms with Crippen LogP contribution in [0.15, 0.2) is 33.7 Å². The first-order chi connectivity index (χ1) is 9.25. The van der Waals surface area contributed by atoms with Gasteiger partial charge in [0, 0.05) is 17.6 Å². The van der Waals surface area contributed by atoms with E-state index in [1.165, 1.54) is 5.56 Å². The van der Waals surface area contributed by atoms with E-state index < -0.39 is 0 Å². The summed E-state index contributed by atoms with van der Waals surface area (Å²) in [6.45, 7) is 2.43. The Bertz CT molecular complexity index is 485. The van der Waals surface area contributed by atoms with Gasteiger partial charge in [0.25, 0.3) is 0 Å². The molecular weight excluding hydrogens is 306 g/mol. The number of aliphatic imine (C=N–C) groups is 1. The van der Waals surface area contributed by atoms with Gasteiger partial charge in [-0.3, -0.25) is 4.99 Å². The molecule has 0 spiro atoms. The second-order valence-electron chi connectivity index (χ2n) is 5.02. The third-order valence-electron chi connectivity index (χ3n) is 3.79. The van der Waals surface area contributed by atoms with E-state index in [0.29, 0.717) is 5.96 Å². The maximum atomic E-state index is 6.04. The van der Waals surface area contributed by atoms with Crippen molar-refractivity contribution in [2.24, 2.45) is 10.7 Å². The lowest BCUT2D eigenvalue weighted by atomic mass is 10.1. The highest BCUT2D eigenvalue weighted by molar-refractivity contribution is 9.10. The zero-order chi connectivity index (χ0) is 13.2. The minimum Gasteiger partial charge on any atom is -0.376 e.